The van der Waals surface area contributed by atoms with Gasteiger partial charge < -0.3 is 19.8 Å². The van der Waals surface area contributed by atoms with Crippen molar-refractivity contribution in [3.63, 3.8) is 0 Å². The molecule has 3 N–H and O–H groups in total. The number of aromatic carboxylic acids is 1. The zero-order valence-corrected chi connectivity index (χ0v) is 20.0. The van der Waals surface area contributed by atoms with Gasteiger partial charge in [-0.25, -0.2) is 18.0 Å². The number of aliphatic carboxylic acids is 1. The first-order chi connectivity index (χ1) is 16.1. The predicted molar refractivity (Wildman–Crippen MR) is 122 cm³/mol. The fraction of sp³-hybridized carbons (Fsp3) is 0.364. The topological polar surface area (TPSA) is 133 Å². The summed E-state index contributed by atoms with van der Waals surface area (Å²) in [6.45, 7) is 7.80. The summed E-state index contributed by atoms with van der Waals surface area (Å²) in [5.41, 5.74) is 3.43. The Morgan fingerprint density at radius 3 is 2.03 bits per heavy atom. The minimum atomic E-state index is -5.08. The monoisotopic (exact) mass is 518 g/mol. The maximum absolute atomic E-state index is 13.1. The number of sulfonamides is 1. The molecule has 1 fully saturated rings. The number of alkyl halides is 3. The van der Waals surface area contributed by atoms with Gasteiger partial charge in [0.25, 0.3) is 10.0 Å². The van der Waals surface area contributed by atoms with E-state index in [1.807, 2.05) is 24.8 Å². The molecular weight excluding hydrogens is 493 g/mol. The molecule has 0 aromatic heterocycles. The first kappa shape index (κ1) is 27.9. The highest BCUT2D eigenvalue weighted by atomic mass is 32.2. The van der Waals surface area contributed by atoms with E-state index in [1.54, 1.807) is 19.1 Å². The molecule has 9 nitrogen and oxygen atoms in total. The number of hydrogen-bond donors (Lipinski definition) is 3. The molecule has 1 saturated heterocycles. The summed E-state index contributed by atoms with van der Waals surface area (Å²) >= 11 is 0. The Morgan fingerprint density at radius 2 is 1.51 bits per heavy atom. The van der Waals surface area contributed by atoms with Crippen LogP contribution in [0.4, 0.5) is 24.5 Å². The van der Waals surface area contributed by atoms with Gasteiger partial charge in [-0.15, -0.1) is 0 Å². The molecule has 192 valence electrons. The lowest BCUT2D eigenvalue weighted by Gasteiger charge is -2.30. The third kappa shape index (κ3) is 7.33. The number of benzene rings is 2. The average molecular weight is 519 g/mol. The molecule has 0 spiro atoms. The van der Waals surface area contributed by atoms with Crippen LogP contribution in [0.1, 0.15) is 27.0 Å². The number of carbonyl (C=O) groups is 2. The van der Waals surface area contributed by atoms with Crippen molar-refractivity contribution in [3.8, 4) is 0 Å². The van der Waals surface area contributed by atoms with Gasteiger partial charge in [-0.2, -0.15) is 13.2 Å². The normalized spacial score (nSPS) is 14.1. The number of nitrogens with one attached hydrogen (secondary N) is 1. The molecule has 2 aromatic carbocycles. The van der Waals surface area contributed by atoms with Crippen LogP contribution in [0.5, 0.6) is 0 Å². The van der Waals surface area contributed by atoms with Gasteiger partial charge in [0.05, 0.1) is 35.0 Å². The lowest BCUT2D eigenvalue weighted by molar-refractivity contribution is -0.192. The van der Waals surface area contributed by atoms with Gasteiger partial charge in [-0.05, 0) is 61.7 Å². The third-order valence-electron chi connectivity index (χ3n) is 5.16. The molecular formula is C22H25F3N2O7S. The lowest BCUT2D eigenvalue weighted by Crippen LogP contribution is -2.36. The van der Waals surface area contributed by atoms with Crippen molar-refractivity contribution in [1.82, 2.24) is 0 Å². The van der Waals surface area contributed by atoms with Crippen molar-refractivity contribution < 1.29 is 46.1 Å². The van der Waals surface area contributed by atoms with Gasteiger partial charge in [-0.3, -0.25) is 4.72 Å². The summed E-state index contributed by atoms with van der Waals surface area (Å²) in [4.78, 5) is 22.5. The molecule has 1 heterocycles. The van der Waals surface area contributed by atoms with Crippen LogP contribution in [-0.2, 0) is 19.6 Å². The van der Waals surface area contributed by atoms with Crippen LogP contribution >= 0.6 is 0 Å². The highest BCUT2D eigenvalue weighted by Crippen LogP contribution is 2.31. The average Bonchev–Trinajstić information content (AvgIpc) is 2.76. The van der Waals surface area contributed by atoms with E-state index in [1.165, 1.54) is 12.1 Å². The Hall–Kier alpha value is -3.32. The van der Waals surface area contributed by atoms with Crippen LogP contribution in [0.2, 0.25) is 0 Å². The zero-order valence-electron chi connectivity index (χ0n) is 19.1. The number of ether oxygens (including phenoxy) is 1. The molecule has 0 aliphatic carbocycles. The van der Waals surface area contributed by atoms with Crippen LogP contribution in [0.15, 0.2) is 35.2 Å². The highest BCUT2D eigenvalue weighted by Gasteiger charge is 2.38. The minimum absolute atomic E-state index is 0.0199. The third-order valence-corrected chi connectivity index (χ3v) is 6.67. The van der Waals surface area contributed by atoms with Gasteiger partial charge in [0.1, 0.15) is 0 Å². The van der Waals surface area contributed by atoms with E-state index in [4.69, 9.17) is 14.6 Å². The second-order valence-electron chi connectivity index (χ2n) is 7.75. The van der Waals surface area contributed by atoms with E-state index >= 15 is 0 Å². The summed E-state index contributed by atoms with van der Waals surface area (Å²) in [6, 6.07) is 7.95. The van der Waals surface area contributed by atoms with Crippen LogP contribution in [0.25, 0.3) is 0 Å². The largest absolute Gasteiger partial charge is 0.490 e. The molecule has 13 heteroatoms. The molecule has 0 bridgehead atoms. The lowest BCUT2D eigenvalue weighted by atomic mass is 10.1. The minimum Gasteiger partial charge on any atom is -0.478 e. The van der Waals surface area contributed by atoms with Gasteiger partial charge in [0.15, 0.2) is 0 Å². The van der Waals surface area contributed by atoms with Crippen molar-refractivity contribution in [3.05, 3.63) is 52.6 Å². The van der Waals surface area contributed by atoms with Crippen LogP contribution in [0, 0.1) is 20.8 Å². The molecule has 0 unspecified atom stereocenters. The fourth-order valence-corrected chi connectivity index (χ4v) is 4.63. The number of halogens is 3. The number of aryl methyl sites for hydroxylation is 3. The van der Waals surface area contributed by atoms with Gasteiger partial charge in [0.2, 0.25) is 0 Å². The van der Waals surface area contributed by atoms with Crippen molar-refractivity contribution in [2.45, 2.75) is 31.8 Å². The standard InChI is InChI=1S/C20H24N2O5S.C2HF3O2/c1-13-10-15(3)19(11-14(13)2)28(25,26)21-17-12-16(20(23)24)4-5-18(17)22-6-8-27-9-7-22;3-2(4,5)1(6)7/h4-5,10-12,21H,6-9H2,1-3H3,(H,23,24);(H,6,7). The van der Waals surface area contributed by atoms with Crippen molar-refractivity contribution >= 4 is 33.3 Å². The molecule has 0 amide bonds. The van der Waals surface area contributed by atoms with E-state index in [2.05, 4.69) is 4.72 Å². The second-order valence-corrected chi connectivity index (χ2v) is 9.40. The van der Waals surface area contributed by atoms with Crippen molar-refractivity contribution in [2.75, 3.05) is 35.9 Å². The van der Waals surface area contributed by atoms with Crippen LogP contribution in [-0.4, -0.2) is 63.0 Å². The summed E-state index contributed by atoms with van der Waals surface area (Å²) < 4.78 is 65.9. The van der Waals surface area contributed by atoms with E-state index < -0.39 is 28.1 Å². The molecule has 0 atom stereocenters. The smallest absolute Gasteiger partial charge is 0.478 e. The Kier molecular flexibility index (Phi) is 8.74. The van der Waals surface area contributed by atoms with Gasteiger partial charge in [-0.1, -0.05) is 6.07 Å². The molecule has 0 radical (unpaired) electrons. The summed E-state index contributed by atoms with van der Waals surface area (Å²) in [7, 11) is -3.89. The van der Waals surface area contributed by atoms with Crippen molar-refractivity contribution in [1.29, 1.82) is 0 Å². The number of hydrogen-bond acceptors (Lipinski definition) is 6. The summed E-state index contributed by atoms with van der Waals surface area (Å²) in [5, 5.41) is 16.5. The van der Waals surface area contributed by atoms with Crippen LogP contribution < -0.4 is 9.62 Å². The SMILES string of the molecule is Cc1cc(C)c(S(=O)(=O)Nc2cc(C(=O)O)ccc2N2CCOCC2)cc1C.O=C(O)C(F)(F)F. The number of carboxylic acids is 2. The number of rotatable bonds is 5. The first-order valence-electron chi connectivity index (χ1n) is 10.2. The van der Waals surface area contributed by atoms with Gasteiger partial charge in [0, 0.05) is 13.1 Å². The molecule has 2 aromatic rings. The fourth-order valence-electron chi connectivity index (χ4n) is 3.25. The summed E-state index contributed by atoms with van der Waals surface area (Å²) in [5.74, 6) is -3.87. The maximum atomic E-state index is 13.1. The number of anilines is 2. The zero-order chi connectivity index (χ0) is 26.6. The maximum Gasteiger partial charge on any atom is 0.490 e. The quantitative estimate of drug-likeness (QED) is 0.547. The molecule has 3 rings (SSSR count). The number of carboxylic acid groups (broad SMARTS) is 2. The van der Waals surface area contributed by atoms with Crippen molar-refractivity contribution in [2.24, 2.45) is 0 Å². The second kappa shape index (κ2) is 11.0. The summed E-state index contributed by atoms with van der Waals surface area (Å²) in [6.07, 6.45) is -5.08. The van der Waals surface area contributed by atoms with E-state index in [0.29, 0.717) is 37.6 Å². The van der Waals surface area contributed by atoms with Gasteiger partial charge >= 0.3 is 18.1 Å². The Morgan fingerprint density at radius 1 is 0.971 bits per heavy atom. The molecule has 35 heavy (non-hydrogen) atoms. The highest BCUT2D eigenvalue weighted by molar-refractivity contribution is 7.92. The molecule has 0 saturated carbocycles. The van der Waals surface area contributed by atoms with E-state index in [0.717, 1.165) is 11.1 Å². The van der Waals surface area contributed by atoms with E-state index in [9.17, 15) is 31.5 Å². The van der Waals surface area contributed by atoms with Crippen LogP contribution in [0.3, 0.4) is 0 Å². The number of morpholine rings is 1. The number of nitrogens with zero attached hydrogens (tertiary/aromatic N) is 1. The molecule has 1 aliphatic rings. The van der Waals surface area contributed by atoms with E-state index in [-0.39, 0.29) is 16.1 Å². The first-order valence-corrected chi connectivity index (χ1v) is 11.7. The Bertz CT molecular complexity index is 1210. The Balaban J connectivity index is 0.000000540. The predicted octanol–water partition coefficient (Wildman–Crippen LogP) is 3.58. The molecule has 1 aliphatic heterocycles. The Labute approximate surface area is 200 Å².